The summed E-state index contributed by atoms with van der Waals surface area (Å²) in [6, 6.07) is 5.71. The Balaban J connectivity index is 1.94. The van der Waals surface area contributed by atoms with Gasteiger partial charge in [-0.25, -0.2) is 4.98 Å². The number of thiazole rings is 1. The van der Waals surface area contributed by atoms with E-state index >= 15 is 0 Å². The Morgan fingerprint density at radius 3 is 2.83 bits per heavy atom. The summed E-state index contributed by atoms with van der Waals surface area (Å²) in [7, 11) is 3.29. The Morgan fingerprint density at radius 1 is 1.35 bits per heavy atom. The van der Waals surface area contributed by atoms with Gasteiger partial charge in [-0.2, -0.15) is 0 Å². The third-order valence-corrected chi connectivity index (χ3v) is 4.92. The van der Waals surface area contributed by atoms with Crippen molar-refractivity contribution in [2.24, 2.45) is 0 Å². The first-order valence-electron chi connectivity index (χ1n) is 7.59. The van der Waals surface area contributed by atoms with E-state index in [4.69, 9.17) is 9.47 Å². The summed E-state index contributed by atoms with van der Waals surface area (Å²) < 4.78 is 10.8. The van der Waals surface area contributed by atoms with Crippen LogP contribution in [0.4, 0.5) is 0 Å². The number of likely N-dealkylation sites (tertiary alicyclic amines) is 1. The number of rotatable bonds is 4. The zero-order chi connectivity index (χ0) is 16.4. The molecular weight excluding hydrogens is 312 g/mol. The van der Waals surface area contributed by atoms with Crippen molar-refractivity contribution in [3.05, 3.63) is 39.8 Å². The maximum atomic E-state index is 12.8. The molecule has 0 spiro atoms. The minimum Gasteiger partial charge on any atom is -0.497 e. The third kappa shape index (κ3) is 3.03. The largest absolute Gasteiger partial charge is 0.497 e. The van der Waals surface area contributed by atoms with Crippen molar-refractivity contribution < 1.29 is 14.3 Å². The second-order valence-electron chi connectivity index (χ2n) is 5.52. The van der Waals surface area contributed by atoms with E-state index in [-0.39, 0.29) is 11.9 Å². The molecule has 1 fully saturated rings. The van der Waals surface area contributed by atoms with Gasteiger partial charge in [-0.15, -0.1) is 11.3 Å². The third-order valence-electron chi connectivity index (χ3n) is 4.15. The second-order valence-corrected chi connectivity index (χ2v) is 6.58. The van der Waals surface area contributed by atoms with E-state index in [1.807, 2.05) is 35.4 Å². The minimum absolute atomic E-state index is 0.00504. The molecule has 0 bridgehead atoms. The van der Waals surface area contributed by atoms with E-state index in [0.717, 1.165) is 41.5 Å². The molecule has 0 radical (unpaired) electrons. The average Bonchev–Trinajstić information content (AvgIpc) is 3.22. The molecular formula is C17H20N2O3S. The number of benzene rings is 1. The molecule has 1 saturated heterocycles. The topological polar surface area (TPSA) is 51.7 Å². The van der Waals surface area contributed by atoms with Crippen LogP contribution in [0.3, 0.4) is 0 Å². The lowest BCUT2D eigenvalue weighted by Gasteiger charge is -2.26. The molecule has 1 atom stereocenters. The van der Waals surface area contributed by atoms with Crippen LogP contribution < -0.4 is 9.47 Å². The highest BCUT2D eigenvalue weighted by Gasteiger charge is 2.33. The SMILES string of the molecule is COc1ccc(OC)c([C@H]2CCCN2C(=O)c2csc(C)n2)c1. The fourth-order valence-corrected chi connectivity index (χ4v) is 3.63. The predicted molar refractivity (Wildman–Crippen MR) is 89.4 cm³/mol. The van der Waals surface area contributed by atoms with Gasteiger partial charge in [0.25, 0.3) is 5.91 Å². The van der Waals surface area contributed by atoms with E-state index in [9.17, 15) is 4.79 Å². The molecule has 3 rings (SSSR count). The van der Waals surface area contributed by atoms with Gasteiger partial charge < -0.3 is 14.4 Å². The zero-order valence-electron chi connectivity index (χ0n) is 13.5. The first-order chi connectivity index (χ1) is 11.1. The molecule has 1 aromatic carbocycles. The molecule has 23 heavy (non-hydrogen) atoms. The molecule has 2 heterocycles. The number of aryl methyl sites for hydroxylation is 1. The number of methoxy groups -OCH3 is 2. The van der Waals surface area contributed by atoms with Crippen molar-refractivity contribution in [1.29, 1.82) is 0 Å². The van der Waals surface area contributed by atoms with Gasteiger partial charge in [-0.05, 0) is 38.0 Å². The number of nitrogens with zero attached hydrogens (tertiary/aromatic N) is 2. The van der Waals surface area contributed by atoms with Gasteiger partial charge in [0.15, 0.2) is 0 Å². The minimum atomic E-state index is -0.0123. The first kappa shape index (κ1) is 15.8. The molecule has 5 nitrogen and oxygen atoms in total. The number of carbonyl (C=O) groups is 1. The Kier molecular flexibility index (Phi) is 4.52. The zero-order valence-corrected chi connectivity index (χ0v) is 14.4. The number of ether oxygens (including phenoxy) is 2. The number of hydrogen-bond acceptors (Lipinski definition) is 5. The van der Waals surface area contributed by atoms with Crippen LogP contribution in [0.25, 0.3) is 0 Å². The fraction of sp³-hybridized carbons (Fsp3) is 0.412. The smallest absolute Gasteiger partial charge is 0.273 e. The predicted octanol–water partition coefficient (Wildman–Crippen LogP) is 3.45. The van der Waals surface area contributed by atoms with Crippen molar-refractivity contribution in [1.82, 2.24) is 9.88 Å². The standard InChI is InChI=1S/C17H20N2O3S/c1-11-18-14(10-23-11)17(20)19-8-4-5-15(19)13-9-12(21-2)6-7-16(13)22-3/h6-7,9-10,15H,4-5,8H2,1-3H3/t15-/m1/s1. The maximum absolute atomic E-state index is 12.8. The van der Waals surface area contributed by atoms with Crippen LogP contribution in [0.1, 0.15) is 39.9 Å². The Hall–Kier alpha value is -2.08. The van der Waals surface area contributed by atoms with Crippen molar-refractivity contribution in [2.45, 2.75) is 25.8 Å². The lowest BCUT2D eigenvalue weighted by Crippen LogP contribution is -2.31. The lowest BCUT2D eigenvalue weighted by molar-refractivity contribution is 0.0728. The summed E-state index contributed by atoms with van der Waals surface area (Å²) in [5.74, 6) is 1.54. The summed E-state index contributed by atoms with van der Waals surface area (Å²) >= 11 is 1.50. The van der Waals surface area contributed by atoms with E-state index in [1.54, 1.807) is 14.2 Å². The molecule has 0 saturated carbocycles. The first-order valence-corrected chi connectivity index (χ1v) is 8.47. The van der Waals surface area contributed by atoms with Gasteiger partial charge in [-0.3, -0.25) is 4.79 Å². The molecule has 122 valence electrons. The highest BCUT2D eigenvalue weighted by Crippen LogP contribution is 2.39. The second kappa shape index (κ2) is 6.58. The van der Waals surface area contributed by atoms with Crippen LogP contribution in [0.15, 0.2) is 23.6 Å². The molecule has 0 unspecified atom stereocenters. The molecule has 1 aliphatic heterocycles. The lowest BCUT2D eigenvalue weighted by atomic mass is 10.0. The van der Waals surface area contributed by atoms with Gasteiger partial charge in [-0.1, -0.05) is 0 Å². The summed E-state index contributed by atoms with van der Waals surface area (Å²) in [5, 5.41) is 2.73. The number of carbonyl (C=O) groups excluding carboxylic acids is 1. The van der Waals surface area contributed by atoms with Crippen molar-refractivity contribution in [3.8, 4) is 11.5 Å². The van der Waals surface area contributed by atoms with E-state index in [2.05, 4.69) is 4.98 Å². The Labute approximate surface area is 139 Å². The molecule has 1 amide bonds. The quantitative estimate of drug-likeness (QED) is 0.860. The molecule has 6 heteroatoms. The normalized spacial score (nSPS) is 17.3. The van der Waals surface area contributed by atoms with Crippen molar-refractivity contribution in [3.63, 3.8) is 0 Å². The summed E-state index contributed by atoms with van der Waals surface area (Å²) in [6.45, 7) is 2.65. The van der Waals surface area contributed by atoms with Crippen LogP contribution in [0, 0.1) is 6.92 Å². The Morgan fingerprint density at radius 2 is 2.17 bits per heavy atom. The summed E-state index contributed by atoms with van der Waals surface area (Å²) in [6.07, 6.45) is 1.89. The number of amides is 1. The van der Waals surface area contributed by atoms with Crippen molar-refractivity contribution in [2.75, 3.05) is 20.8 Å². The average molecular weight is 332 g/mol. The summed E-state index contributed by atoms with van der Waals surface area (Å²) in [5.41, 5.74) is 1.52. The maximum Gasteiger partial charge on any atom is 0.273 e. The molecule has 0 aliphatic carbocycles. The molecule has 2 aromatic rings. The van der Waals surface area contributed by atoms with Gasteiger partial charge in [0, 0.05) is 17.5 Å². The monoisotopic (exact) mass is 332 g/mol. The highest BCUT2D eigenvalue weighted by molar-refractivity contribution is 7.09. The van der Waals surface area contributed by atoms with E-state index in [1.165, 1.54) is 11.3 Å². The van der Waals surface area contributed by atoms with Crippen LogP contribution >= 0.6 is 11.3 Å². The van der Waals surface area contributed by atoms with Crippen LogP contribution in [-0.2, 0) is 0 Å². The van der Waals surface area contributed by atoms with Gasteiger partial charge in [0.1, 0.15) is 17.2 Å². The van der Waals surface area contributed by atoms with Crippen LogP contribution in [0.5, 0.6) is 11.5 Å². The van der Waals surface area contributed by atoms with Crippen LogP contribution in [-0.4, -0.2) is 36.6 Å². The summed E-state index contributed by atoms with van der Waals surface area (Å²) in [4.78, 5) is 19.0. The number of hydrogen-bond donors (Lipinski definition) is 0. The molecule has 1 aromatic heterocycles. The van der Waals surface area contributed by atoms with E-state index < -0.39 is 0 Å². The van der Waals surface area contributed by atoms with Gasteiger partial charge in [0.2, 0.25) is 0 Å². The highest BCUT2D eigenvalue weighted by atomic mass is 32.1. The molecule has 0 N–H and O–H groups in total. The van der Waals surface area contributed by atoms with Gasteiger partial charge >= 0.3 is 0 Å². The number of aromatic nitrogens is 1. The Bertz CT molecular complexity index is 714. The van der Waals surface area contributed by atoms with E-state index in [0.29, 0.717) is 5.69 Å². The van der Waals surface area contributed by atoms with Gasteiger partial charge in [0.05, 0.1) is 25.3 Å². The van der Waals surface area contributed by atoms with Crippen molar-refractivity contribution >= 4 is 17.2 Å². The molecule has 1 aliphatic rings. The fourth-order valence-electron chi connectivity index (χ4n) is 3.04. The van der Waals surface area contributed by atoms with Crippen LogP contribution in [0.2, 0.25) is 0 Å².